The number of benzene rings is 3. The number of hydrogen-bond acceptors (Lipinski definition) is 10. The number of hydrogen-bond donors (Lipinski definition) is 4. The fourth-order valence-electron chi connectivity index (χ4n) is 11.4. The average molecular weight is 873 g/mol. The van der Waals surface area contributed by atoms with Crippen molar-refractivity contribution in [2.45, 2.75) is 128 Å². The second kappa shape index (κ2) is 16.4. The summed E-state index contributed by atoms with van der Waals surface area (Å²) in [5, 5.41) is 7.64. The molecule has 64 heavy (non-hydrogen) atoms. The largest absolute Gasteiger partial charge is 0.488 e. The van der Waals surface area contributed by atoms with Crippen LogP contribution in [0.3, 0.4) is 0 Å². The lowest BCUT2D eigenvalue weighted by atomic mass is 9.85. The molecule has 10 rings (SSSR count). The van der Waals surface area contributed by atoms with Crippen LogP contribution in [-0.4, -0.2) is 104 Å². The van der Waals surface area contributed by atoms with Crippen LogP contribution in [0.25, 0.3) is 44.2 Å². The predicted octanol–water partition coefficient (Wildman–Crippen LogP) is 7.44. The van der Waals surface area contributed by atoms with E-state index in [0.717, 1.165) is 93.4 Å². The molecule has 16 heteroatoms. The number of methoxy groups -OCH3 is 2. The first kappa shape index (κ1) is 41.8. The third kappa shape index (κ3) is 7.28. The molecule has 336 valence electrons. The van der Waals surface area contributed by atoms with E-state index in [1.54, 1.807) is 0 Å². The fourth-order valence-corrected chi connectivity index (χ4v) is 11.4. The first-order valence-electron chi connectivity index (χ1n) is 22.7. The molecule has 5 aromatic rings. The third-order valence-corrected chi connectivity index (χ3v) is 14.5. The van der Waals surface area contributed by atoms with Crippen LogP contribution in [0.5, 0.6) is 5.75 Å². The van der Waals surface area contributed by atoms with Crippen molar-refractivity contribution in [3.63, 3.8) is 0 Å². The summed E-state index contributed by atoms with van der Waals surface area (Å²) in [5.74, 6) is 1.90. The number of amides is 4. The SMILES string of the molecule is COC(=O)N[C@@H]1C(=O)N2[C@H](CC[C@H]2c2ncc(-c3ccc4c(c3)COc3cc5c(ccc6nc([C@@H]7CC[C@H](C)N7C(=O)[C@H](NC(=O)OC)[C@H]7C[C@@H](C)O[C@@H](C)C7)[nH]c65)cc3-4)[nH]2)CC1C. The van der Waals surface area contributed by atoms with Crippen molar-refractivity contribution < 1.29 is 38.1 Å². The number of likely N-dealkylation sites (tertiary alicyclic amines) is 1. The van der Waals surface area contributed by atoms with E-state index in [1.165, 1.54) is 14.2 Å². The standard InChI is InChI=1S/C48H56N8O8/c1-23-15-31-10-14-37(56(31)45(57)40(23)53-47(59)61-5)43-49-21-36(51-43)28-8-11-32-30(18-28)22-63-39-20-33-27(19-34(32)39)9-12-35-42(33)52-44(50-35)38-13-7-24(2)55(38)46(58)41(54-48(60)62-6)29-16-25(3)64-26(4)17-29/h8-9,11-12,18-21,23-26,29,31,37-38,40-41H,7,10,13-17,22H2,1-6H3,(H,49,51)(H,50,52)(H,53,59)(H,54,60)/t23?,24-,25-,26+,29+,31+,37-,38-,40-,41+/m0/s1. The predicted molar refractivity (Wildman–Crippen MR) is 237 cm³/mol. The van der Waals surface area contributed by atoms with E-state index in [0.29, 0.717) is 25.3 Å². The van der Waals surface area contributed by atoms with E-state index in [1.807, 2.05) is 42.8 Å². The number of piperidine rings is 1. The smallest absolute Gasteiger partial charge is 0.407 e. The Balaban J connectivity index is 0.899. The van der Waals surface area contributed by atoms with Crippen LogP contribution >= 0.6 is 0 Å². The van der Waals surface area contributed by atoms with E-state index in [9.17, 15) is 19.2 Å². The highest BCUT2D eigenvalue weighted by Crippen LogP contribution is 2.45. The molecule has 4 N–H and O–H groups in total. The highest BCUT2D eigenvalue weighted by Gasteiger charge is 2.48. The van der Waals surface area contributed by atoms with Gasteiger partial charge >= 0.3 is 12.2 Å². The van der Waals surface area contributed by atoms with Crippen LogP contribution in [0, 0.1) is 11.8 Å². The maximum atomic E-state index is 14.6. The highest BCUT2D eigenvalue weighted by atomic mass is 16.5. The number of carbonyl (C=O) groups excluding carboxylic acids is 4. The molecule has 5 aliphatic rings. The number of H-pyrrole nitrogens is 2. The maximum Gasteiger partial charge on any atom is 0.407 e. The number of nitrogens with one attached hydrogen (secondary N) is 4. The third-order valence-electron chi connectivity index (χ3n) is 14.5. The lowest BCUT2D eigenvalue weighted by Gasteiger charge is -2.41. The Morgan fingerprint density at radius 1 is 0.859 bits per heavy atom. The molecule has 2 aromatic heterocycles. The lowest BCUT2D eigenvalue weighted by Crippen LogP contribution is -2.58. The fraction of sp³-hybridized carbons (Fsp3) is 0.500. The Hall–Kier alpha value is -6.16. The number of alkyl carbamates (subject to hydrolysis) is 2. The highest BCUT2D eigenvalue weighted by molar-refractivity contribution is 6.07. The van der Waals surface area contributed by atoms with E-state index in [2.05, 4.69) is 63.9 Å². The summed E-state index contributed by atoms with van der Waals surface area (Å²) in [6.07, 6.45) is 5.86. The lowest BCUT2D eigenvalue weighted by molar-refractivity contribution is -0.142. The molecule has 3 aromatic carbocycles. The normalized spacial score (nSPS) is 28.0. The first-order chi connectivity index (χ1) is 30.9. The molecular formula is C48H56N8O8. The zero-order valence-corrected chi connectivity index (χ0v) is 37.1. The summed E-state index contributed by atoms with van der Waals surface area (Å²) < 4.78 is 22.2. The first-order valence-corrected chi connectivity index (χ1v) is 22.7. The Morgan fingerprint density at radius 2 is 1.64 bits per heavy atom. The topological polar surface area (TPSA) is 193 Å². The molecule has 1 unspecified atom stereocenters. The second-order valence-corrected chi connectivity index (χ2v) is 18.6. The molecule has 10 atom stereocenters. The van der Waals surface area contributed by atoms with Gasteiger partial charge < -0.3 is 49.3 Å². The van der Waals surface area contributed by atoms with Gasteiger partial charge in [-0.3, -0.25) is 9.59 Å². The summed E-state index contributed by atoms with van der Waals surface area (Å²) >= 11 is 0. The molecule has 0 saturated carbocycles. The summed E-state index contributed by atoms with van der Waals surface area (Å²) in [4.78, 5) is 73.8. The molecule has 4 amide bonds. The Bertz CT molecular complexity index is 2650. The van der Waals surface area contributed by atoms with Crippen molar-refractivity contribution in [1.82, 2.24) is 40.4 Å². The quantitative estimate of drug-likeness (QED) is 0.128. The Kier molecular flexibility index (Phi) is 10.7. The van der Waals surface area contributed by atoms with E-state index >= 15 is 0 Å². The average Bonchev–Trinajstić information content (AvgIpc) is 4.11. The number of aromatic nitrogens is 4. The molecule has 0 bridgehead atoms. The van der Waals surface area contributed by atoms with Crippen molar-refractivity contribution in [3.05, 3.63) is 65.9 Å². The van der Waals surface area contributed by atoms with Gasteiger partial charge in [0.2, 0.25) is 11.8 Å². The molecule has 7 heterocycles. The minimum absolute atomic E-state index is 0.00367. The molecular weight excluding hydrogens is 817 g/mol. The summed E-state index contributed by atoms with van der Waals surface area (Å²) in [7, 11) is 2.62. The summed E-state index contributed by atoms with van der Waals surface area (Å²) in [5.41, 5.74) is 6.63. The van der Waals surface area contributed by atoms with Crippen molar-refractivity contribution in [1.29, 1.82) is 0 Å². The number of fused-ring (bicyclic) bond motifs is 7. The van der Waals surface area contributed by atoms with Gasteiger partial charge in [-0.25, -0.2) is 19.6 Å². The van der Waals surface area contributed by atoms with Crippen LogP contribution in [0.2, 0.25) is 0 Å². The number of aromatic amines is 2. The number of nitrogens with zero attached hydrogens (tertiary/aromatic N) is 4. The molecule has 0 aliphatic carbocycles. The molecule has 5 aliphatic heterocycles. The van der Waals surface area contributed by atoms with Crippen LogP contribution in [0.15, 0.2) is 48.7 Å². The Morgan fingerprint density at radius 3 is 2.42 bits per heavy atom. The van der Waals surface area contributed by atoms with Crippen molar-refractivity contribution in [2.75, 3.05) is 14.2 Å². The molecule has 4 saturated heterocycles. The van der Waals surface area contributed by atoms with Gasteiger partial charge in [-0.1, -0.05) is 25.1 Å². The van der Waals surface area contributed by atoms with Crippen LogP contribution in [-0.2, 0) is 30.4 Å². The molecule has 4 fully saturated rings. The number of rotatable bonds is 7. The minimum atomic E-state index is -0.752. The van der Waals surface area contributed by atoms with Gasteiger partial charge in [0.1, 0.15) is 36.1 Å². The van der Waals surface area contributed by atoms with Gasteiger partial charge in [0.15, 0.2) is 0 Å². The molecule has 0 radical (unpaired) electrons. The molecule has 0 spiro atoms. The van der Waals surface area contributed by atoms with Gasteiger partial charge in [-0.05, 0) is 124 Å². The van der Waals surface area contributed by atoms with Gasteiger partial charge in [0.05, 0.1) is 61.4 Å². The van der Waals surface area contributed by atoms with Gasteiger partial charge in [-0.2, -0.15) is 0 Å². The van der Waals surface area contributed by atoms with Crippen LogP contribution < -0.4 is 15.4 Å². The van der Waals surface area contributed by atoms with E-state index in [-0.39, 0.29) is 60.0 Å². The van der Waals surface area contributed by atoms with Crippen molar-refractivity contribution in [2.24, 2.45) is 11.8 Å². The van der Waals surface area contributed by atoms with Gasteiger partial charge in [0, 0.05) is 23.0 Å². The minimum Gasteiger partial charge on any atom is -0.488 e. The maximum absolute atomic E-state index is 14.6. The van der Waals surface area contributed by atoms with Crippen molar-refractivity contribution >= 4 is 45.8 Å². The number of carbonyl (C=O) groups is 4. The Labute approximate surface area is 371 Å². The van der Waals surface area contributed by atoms with Gasteiger partial charge in [-0.15, -0.1) is 0 Å². The van der Waals surface area contributed by atoms with Crippen LogP contribution in [0.1, 0.15) is 102 Å². The zero-order valence-electron chi connectivity index (χ0n) is 37.1. The van der Waals surface area contributed by atoms with E-state index < -0.39 is 24.3 Å². The van der Waals surface area contributed by atoms with Crippen molar-refractivity contribution in [3.8, 4) is 28.1 Å². The van der Waals surface area contributed by atoms with E-state index in [4.69, 9.17) is 28.9 Å². The molecule has 16 nitrogen and oxygen atoms in total. The zero-order chi connectivity index (χ0) is 44.6. The summed E-state index contributed by atoms with van der Waals surface area (Å²) in [6.45, 7) is 8.46. The monoisotopic (exact) mass is 872 g/mol. The van der Waals surface area contributed by atoms with Gasteiger partial charge in [0.25, 0.3) is 0 Å². The summed E-state index contributed by atoms with van der Waals surface area (Å²) in [6, 6.07) is 12.9. The second-order valence-electron chi connectivity index (χ2n) is 18.6. The number of imidazole rings is 2. The van der Waals surface area contributed by atoms with Crippen LogP contribution in [0.4, 0.5) is 9.59 Å². The number of ether oxygens (including phenoxy) is 4.